The molecule has 0 aromatic heterocycles. The average molecular weight is 676 g/mol. The molecule has 0 atom stereocenters. The van der Waals surface area contributed by atoms with Crippen LogP contribution in [0.3, 0.4) is 0 Å². The van der Waals surface area contributed by atoms with Crippen LogP contribution in [-0.4, -0.2) is 0 Å². The first-order valence-electron chi connectivity index (χ1n) is 18.7. The van der Waals surface area contributed by atoms with Crippen molar-refractivity contribution in [2.75, 3.05) is 4.90 Å². The first-order valence-corrected chi connectivity index (χ1v) is 18.7. The Labute approximate surface area is 310 Å². The van der Waals surface area contributed by atoms with Crippen molar-refractivity contribution in [3.05, 3.63) is 198 Å². The highest BCUT2D eigenvalue weighted by Gasteiger charge is 2.37. The van der Waals surface area contributed by atoms with E-state index in [1.165, 1.54) is 105 Å². The molecule has 0 radical (unpaired) electrons. The number of para-hydroxylation sites is 2. The van der Waals surface area contributed by atoms with Crippen LogP contribution < -0.4 is 4.90 Å². The Balaban J connectivity index is 1.29. The predicted octanol–water partition coefficient (Wildman–Crippen LogP) is 14.2. The van der Waals surface area contributed by atoms with Crippen LogP contribution in [0.25, 0.3) is 65.7 Å². The Morgan fingerprint density at radius 1 is 0.415 bits per heavy atom. The highest BCUT2D eigenvalue weighted by molar-refractivity contribution is 6.24. The molecule has 1 heteroatoms. The van der Waals surface area contributed by atoms with Crippen LogP contribution in [0.5, 0.6) is 0 Å². The third-order valence-electron chi connectivity index (χ3n) is 12.0. The van der Waals surface area contributed by atoms with Crippen molar-refractivity contribution in [1.29, 1.82) is 0 Å². The van der Waals surface area contributed by atoms with E-state index in [4.69, 9.17) is 0 Å². The molecule has 1 aliphatic heterocycles. The number of nitrogens with zero attached hydrogens (tertiary/aromatic N) is 1. The van der Waals surface area contributed by atoms with E-state index in [0.29, 0.717) is 0 Å². The molecule has 0 fully saturated rings. The van der Waals surface area contributed by atoms with Gasteiger partial charge in [-0.05, 0) is 101 Å². The summed E-state index contributed by atoms with van der Waals surface area (Å²) in [5.41, 5.74) is 16.9. The van der Waals surface area contributed by atoms with Crippen LogP contribution in [0.1, 0.15) is 36.1 Å². The molecule has 11 rings (SSSR count). The van der Waals surface area contributed by atoms with Gasteiger partial charge in [-0.15, -0.1) is 0 Å². The Morgan fingerprint density at radius 3 is 1.81 bits per heavy atom. The van der Waals surface area contributed by atoms with Crippen molar-refractivity contribution in [1.82, 2.24) is 0 Å². The molecule has 53 heavy (non-hydrogen) atoms. The molecule has 1 nitrogen and oxygen atoms in total. The molecule has 0 bridgehead atoms. The van der Waals surface area contributed by atoms with Gasteiger partial charge < -0.3 is 4.90 Å². The van der Waals surface area contributed by atoms with E-state index in [-0.39, 0.29) is 5.41 Å². The fraction of sp³-hybridized carbons (Fsp3) is 0.0769. The largest absolute Gasteiger partial charge is 0.309 e. The molecule has 0 amide bonds. The average Bonchev–Trinajstić information content (AvgIpc) is 3.45. The molecular formula is C52H37N. The lowest BCUT2D eigenvalue weighted by molar-refractivity contribution is 0.660. The molecule has 2 aliphatic rings. The summed E-state index contributed by atoms with van der Waals surface area (Å²) in [7, 11) is 0. The van der Waals surface area contributed by atoms with Crippen LogP contribution in [0, 0.1) is 0 Å². The smallest absolute Gasteiger partial charge is 0.0619 e. The van der Waals surface area contributed by atoms with E-state index in [9.17, 15) is 0 Å². The van der Waals surface area contributed by atoms with Gasteiger partial charge in [-0.1, -0.05) is 166 Å². The first kappa shape index (κ1) is 30.2. The van der Waals surface area contributed by atoms with Crippen LogP contribution in [0.4, 0.5) is 17.1 Å². The van der Waals surface area contributed by atoms with E-state index >= 15 is 0 Å². The second-order valence-corrected chi connectivity index (χ2v) is 15.3. The highest BCUT2D eigenvalue weighted by Crippen LogP contribution is 2.56. The van der Waals surface area contributed by atoms with Gasteiger partial charge in [0.1, 0.15) is 0 Å². The Kier molecular flexibility index (Phi) is 6.43. The third-order valence-corrected chi connectivity index (χ3v) is 12.0. The maximum atomic E-state index is 2.55. The fourth-order valence-corrected chi connectivity index (χ4v) is 9.53. The molecule has 0 unspecified atom stereocenters. The Morgan fingerprint density at radius 2 is 1.00 bits per heavy atom. The van der Waals surface area contributed by atoms with E-state index in [2.05, 4.69) is 195 Å². The van der Waals surface area contributed by atoms with Gasteiger partial charge in [0.15, 0.2) is 0 Å². The van der Waals surface area contributed by atoms with Gasteiger partial charge in [0.25, 0.3) is 0 Å². The number of hydrogen-bond acceptors (Lipinski definition) is 1. The molecule has 1 heterocycles. The summed E-state index contributed by atoms with van der Waals surface area (Å²) in [6, 6.07) is 65.8. The molecule has 250 valence electrons. The zero-order chi connectivity index (χ0) is 35.3. The summed E-state index contributed by atoms with van der Waals surface area (Å²) >= 11 is 0. The van der Waals surface area contributed by atoms with E-state index in [0.717, 1.165) is 6.42 Å². The van der Waals surface area contributed by atoms with Crippen molar-refractivity contribution in [2.45, 2.75) is 25.7 Å². The summed E-state index contributed by atoms with van der Waals surface area (Å²) in [4.78, 5) is 2.55. The summed E-state index contributed by atoms with van der Waals surface area (Å²) < 4.78 is 0. The van der Waals surface area contributed by atoms with Gasteiger partial charge in [-0.3, -0.25) is 0 Å². The molecule has 9 aromatic rings. The molecule has 1 aliphatic carbocycles. The fourth-order valence-electron chi connectivity index (χ4n) is 9.53. The molecule has 0 saturated heterocycles. The highest BCUT2D eigenvalue weighted by atomic mass is 15.2. The van der Waals surface area contributed by atoms with Crippen molar-refractivity contribution in [3.8, 4) is 33.4 Å². The van der Waals surface area contributed by atoms with Gasteiger partial charge in [0.05, 0.1) is 5.69 Å². The molecule has 0 saturated carbocycles. The second-order valence-electron chi connectivity index (χ2n) is 15.3. The standard InChI is InChI=1S/C52H37N/c1-52(2)45-22-10-9-20-42(45)50-43(21-13-23-46(50)52)49-39-18-7-8-19-40(39)51(53-47-24-11-5-16-37(47)31-38-17-6-12-25-48(38)53)41-29-28-36(32-44(41)49)35-27-26-33-14-3-4-15-34(33)30-35/h3-30,32H,31H2,1-2H3. The number of rotatable bonds is 3. The number of anilines is 3. The van der Waals surface area contributed by atoms with Crippen LogP contribution in [-0.2, 0) is 11.8 Å². The van der Waals surface area contributed by atoms with Crippen LogP contribution >= 0.6 is 0 Å². The predicted molar refractivity (Wildman–Crippen MR) is 225 cm³/mol. The van der Waals surface area contributed by atoms with Crippen molar-refractivity contribution >= 4 is 49.4 Å². The zero-order valence-electron chi connectivity index (χ0n) is 29.9. The summed E-state index contributed by atoms with van der Waals surface area (Å²) in [6.45, 7) is 4.76. The molecular weight excluding hydrogens is 639 g/mol. The van der Waals surface area contributed by atoms with Gasteiger partial charge >= 0.3 is 0 Å². The lowest BCUT2D eigenvalue weighted by atomic mass is 9.81. The third kappa shape index (κ3) is 4.38. The number of hydrogen-bond donors (Lipinski definition) is 0. The van der Waals surface area contributed by atoms with Crippen LogP contribution in [0.15, 0.2) is 176 Å². The maximum absolute atomic E-state index is 2.55. The monoisotopic (exact) mass is 675 g/mol. The molecule has 0 N–H and O–H groups in total. The molecule has 9 aromatic carbocycles. The van der Waals surface area contributed by atoms with Gasteiger partial charge in [0.2, 0.25) is 0 Å². The molecule has 0 spiro atoms. The quantitative estimate of drug-likeness (QED) is 0.169. The van der Waals surface area contributed by atoms with Crippen molar-refractivity contribution < 1.29 is 0 Å². The number of fused-ring (bicyclic) bond motifs is 8. The van der Waals surface area contributed by atoms with E-state index in [1.807, 2.05) is 0 Å². The maximum Gasteiger partial charge on any atom is 0.0619 e. The minimum absolute atomic E-state index is 0.0923. The summed E-state index contributed by atoms with van der Waals surface area (Å²) in [5, 5.41) is 7.54. The summed E-state index contributed by atoms with van der Waals surface area (Å²) in [6.07, 6.45) is 0.925. The first-order chi connectivity index (χ1) is 26.1. The van der Waals surface area contributed by atoms with Crippen LogP contribution in [0.2, 0.25) is 0 Å². The SMILES string of the molecule is CC1(C)c2ccccc2-c2c(-c3c4ccccc4c(N4c5ccccc5Cc5ccccc54)c4ccc(-c5ccc6ccccc6c5)cc34)cccc21. The van der Waals surface area contributed by atoms with Crippen molar-refractivity contribution in [3.63, 3.8) is 0 Å². The van der Waals surface area contributed by atoms with Crippen molar-refractivity contribution in [2.24, 2.45) is 0 Å². The Hall–Kier alpha value is -6.44. The zero-order valence-corrected chi connectivity index (χ0v) is 29.9. The normalized spacial score (nSPS) is 13.9. The minimum atomic E-state index is -0.0923. The lowest BCUT2D eigenvalue weighted by Crippen LogP contribution is -2.19. The van der Waals surface area contributed by atoms with E-state index in [1.54, 1.807) is 0 Å². The number of benzene rings is 9. The second kappa shape index (κ2) is 11.3. The van der Waals surface area contributed by atoms with Gasteiger partial charge in [-0.25, -0.2) is 0 Å². The topological polar surface area (TPSA) is 3.24 Å². The van der Waals surface area contributed by atoms with E-state index < -0.39 is 0 Å². The van der Waals surface area contributed by atoms with Gasteiger partial charge in [0, 0.05) is 34.0 Å². The lowest BCUT2D eigenvalue weighted by Gasteiger charge is -2.35. The minimum Gasteiger partial charge on any atom is -0.309 e. The summed E-state index contributed by atoms with van der Waals surface area (Å²) in [5.74, 6) is 0. The van der Waals surface area contributed by atoms with Gasteiger partial charge in [-0.2, -0.15) is 0 Å². The Bertz CT molecular complexity index is 2920.